The Bertz CT molecular complexity index is 526. The average molecular weight is 297 g/mol. The molecular formula is C15H18F3N3. The Labute approximate surface area is 122 Å². The molecule has 0 spiro atoms. The van der Waals surface area contributed by atoms with Crippen LogP contribution in [0.25, 0.3) is 0 Å². The zero-order chi connectivity index (χ0) is 15.5. The Morgan fingerprint density at radius 2 is 1.76 bits per heavy atom. The second-order valence-corrected chi connectivity index (χ2v) is 5.35. The normalized spacial score (nSPS) is 22.6. The highest BCUT2D eigenvalue weighted by atomic mass is 19.4. The standard InChI is InChI=1S/C15H18F3N3/c1-20-11-4-6-12(7-5-11)21-13-3-2-10(9-19)14(8-13)15(16,17)18/h2-3,8,11-12,20-21H,4-7H2,1H3. The van der Waals surface area contributed by atoms with Gasteiger partial charge in [-0.2, -0.15) is 18.4 Å². The van der Waals surface area contributed by atoms with Crippen LogP contribution < -0.4 is 10.6 Å². The zero-order valence-corrected chi connectivity index (χ0v) is 11.8. The van der Waals surface area contributed by atoms with Crippen LogP contribution in [-0.4, -0.2) is 19.1 Å². The summed E-state index contributed by atoms with van der Waals surface area (Å²) >= 11 is 0. The molecule has 21 heavy (non-hydrogen) atoms. The lowest BCUT2D eigenvalue weighted by Crippen LogP contribution is -2.35. The van der Waals surface area contributed by atoms with Gasteiger partial charge in [-0.3, -0.25) is 0 Å². The monoisotopic (exact) mass is 297 g/mol. The summed E-state index contributed by atoms with van der Waals surface area (Å²) in [6, 6.07) is 6.07. The van der Waals surface area contributed by atoms with Crippen molar-refractivity contribution in [1.29, 1.82) is 5.26 Å². The predicted octanol–water partition coefficient (Wildman–Crippen LogP) is 3.52. The molecule has 1 aromatic rings. The smallest absolute Gasteiger partial charge is 0.382 e. The molecule has 6 heteroatoms. The van der Waals surface area contributed by atoms with Gasteiger partial charge >= 0.3 is 6.18 Å². The fraction of sp³-hybridized carbons (Fsp3) is 0.533. The molecule has 1 saturated carbocycles. The van der Waals surface area contributed by atoms with Crippen LogP contribution in [0.1, 0.15) is 36.8 Å². The van der Waals surface area contributed by atoms with E-state index in [-0.39, 0.29) is 11.6 Å². The van der Waals surface area contributed by atoms with Gasteiger partial charge < -0.3 is 10.6 Å². The van der Waals surface area contributed by atoms with Crippen LogP contribution in [0.3, 0.4) is 0 Å². The number of hydrogen-bond donors (Lipinski definition) is 2. The predicted molar refractivity (Wildman–Crippen MR) is 74.9 cm³/mol. The van der Waals surface area contributed by atoms with E-state index in [0.29, 0.717) is 11.7 Å². The van der Waals surface area contributed by atoms with Gasteiger partial charge in [-0.25, -0.2) is 0 Å². The van der Waals surface area contributed by atoms with E-state index in [1.54, 1.807) is 6.07 Å². The Morgan fingerprint density at radius 1 is 1.14 bits per heavy atom. The summed E-state index contributed by atoms with van der Waals surface area (Å²) in [5.74, 6) is 0. The zero-order valence-electron chi connectivity index (χ0n) is 11.8. The summed E-state index contributed by atoms with van der Waals surface area (Å²) in [7, 11) is 1.93. The van der Waals surface area contributed by atoms with Crippen LogP contribution >= 0.6 is 0 Å². The fourth-order valence-electron chi connectivity index (χ4n) is 2.73. The third kappa shape index (κ3) is 3.88. The first-order chi connectivity index (χ1) is 9.94. The maximum Gasteiger partial charge on any atom is 0.417 e. The largest absolute Gasteiger partial charge is 0.417 e. The number of alkyl halides is 3. The summed E-state index contributed by atoms with van der Waals surface area (Å²) < 4.78 is 38.7. The molecule has 2 N–H and O–H groups in total. The number of nitrogens with one attached hydrogen (secondary N) is 2. The first-order valence-electron chi connectivity index (χ1n) is 6.99. The van der Waals surface area contributed by atoms with Gasteiger partial charge in [0.2, 0.25) is 0 Å². The van der Waals surface area contributed by atoms with Crippen LogP contribution in [-0.2, 0) is 6.18 Å². The second-order valence-electron chi connectivity index (χ2n) is 5.35. The van der Waals surface area contributed by atoms with E-state index < -0.39 is 11.7 Å². The number of halogens is 3. The lowest BCUT2D eigenvalue weighted by molar-refractivity contribution is -0.137. The molecule has 2 rings (SSSR count). The fourth-order valence-corrected chi connectivity index (χ4v) is 2.73. The van der Waals surface area contributed by atoms with Crippen molar-refractivity contribution in [3.63, 3.8) is 0 Å². The Hall–Kier alpha value is -1.74. The second kappa shape index (κ2) is 6.35. The van der Waals surface area contributed by atoms with E-state index >= 15 is 0 Å². The number of rotatable bonds is 3. The summed E-state index contributed by atoms with van der Waals surface area (Å²) in [5.41, 5.74) is -0.792. The lowest BCUT2D eigenvalue weighted by atomic mass is 9.91. The van der Waals surface area contributed by atoms with Crippen molar-refractivity contribution in [2.24, 2.45) is 0 Å². The highest BCUT2D eigenvalue weighted by molar-refractivity contribution is 5.53. The highest BCUT2D eigenvalue weighted by Gasteiger charge is 2.34. The van der Waals surface area contributed by atoms with Crippen molar-refractivity contribution in [2.45, 2.75) is 43.9 Å². The quantitative estimate of drug-likeness (QED) is 0.897. The van der Waals surface area contributed by atoms with E-state index in [1.807, 2.05) is 7.05 Å². The van der Waals surface area contributed by atoms with Crippen molar-refractivity contribution >= 4 is 5.69 Å². The highest BCUT2D eigenvalue weighted by Crippen LogP contribution is 2.34. The third-order valence-electron chi connectivity index (χ3n) is 3.95. The van der Waals surface area contributed by atoms with Crippen molar-refractivity contribution in [2.75, 3.05) is 12.4 Å². The minimum absolute atomic E-state index is 0.184. The van der Waals surface area contributed by atoms with Crippen LogP contribution in [0.4, 0.5) is 18.9 Å². The summed E-state index contributed by atoms with van der Waals surface area (Å²) in [5, 5.41) is 15.1. The van der Waals surface area contributed by atoms with Gasteiger partial charge in [0.25, 0.3) is 0 Å². The topological polar surface area (TPSA) is 47.8 Å². The van der Waals surface area contributed by atoms with Gasteiger partial charge in [-0.15, -0.1) is 0 Å². The minimum atomic E-state index is -4.51. The van der Waals surface area contributed by atoms with E-state index in [4.69, 9.17) is 5.26 Å². The lowest BCUT2D eigenvalue weighted by Gasteiger charge is -2.29. The molecule has 0 unspecified atom stereocenters. The van der Waals surface area contributed by atoms with Gasteiger partial charge in [0, 0.05) is 17.8 Å². The molecule has 1 aromatic carbocycles. The van der Waals surface area contributed by atoms with Crippen molar-refractivity contribution in [1.82, 2.24) is 5.32 Å². The molecule has 0 bridgehead atoms. The number of anilines is 1. The maximum absolute atomic E-state index is 12.9. The summed E-state index contributed by atoms with van der Waals surface area (Å²) in [6.45, 7) is 0. The van der Waals surface area contributed by atoms with Gasteiger partial charge in [-0.05, 0) is 50.9 Å². The van der Waals surface area contributed by atoms with Crippen LogP contribution in [0.15, 0.2) is 18.2 Å². The average Bonchev–Trinajstić information content (AvgIpc) is 2.47. The molecule has 0 heterocycles. The molecule has 0 aliphatic heterocycles. The van der Waals surface area contributed by atoms with Gasteiger partial charge in [-0.1, -0.05) is 0 Å². The number of nitriles is 1. The molecule has 0 aromatic heterocycles. The SMILES string of the molecule is CNC1CCC(Nc2ccc(C#N)c(C(F)(F)F)c2)CC1. The molecule has 0 amide bonds. The molecular weight excluding hydrogens is 279 g/mol. The van der Waals surface area contributed by atoms with E-state index in [2.05, 4.69) is 10.6 Å². The van der Waals surface area contributed by atoms with Crippen LogP contribution in [0.2, 0.25) is 0 Å². The first kappa shape index (κ1) is 15.6. The van der Waals surface area contributed by atoms with E-state index in [0.717, 1.165) is 31.7 Å². The number of benzene rings is 1. The van der Waals surface area contributed by atoms with Gasteiger partial charge in [0.05, 0.1) is 17.2 Å². The third-order valence-corrected chi connectivity index (χ3v) is 3.95. The molecule has 0 saturated heterocycles. The van der Waals surface area contributed by atoms with Gasteiger partial charge in [0.15, 0.2) is 0 Å². The Kier molecular flexibility index (Phi) is 4.73. The van der Waals surface area contributed by atoms with Gasteiger partial charge in [0.1, 0.15) is 0 Å². The number of hydrogen-bond acceptors (Lipinski definition) is 3. The molecule has 114 valence electrons. The summed E-state index contributed by atoms with van der Waals surface area (Å²) in [4.78, 5) is 0. The molecule has 1 aliphatic rings. The molecule has 0 atom stereocenters. The Morgan fingerprint density at radius 3 is 2.29 bits per heavy atom. The van der Waals surface area contributed by atoms with Crippen molar-refractivity contribution in [3.05, 3.63) is 29.3 Å². The molecule has 0 radical (unpaired) electrons. The molecule has 3 nitrogen and oxygen atoms in total. The first-order valence-corrected chi connectivity index (χ1v) is 6.99. The minimum Gasteiger partial charge on any atom is -0.382 e. The van der Waals surface area contributed by atoms with E-state index in [9.17, 15) is 13.2 Å². The maximum atomic E-state index is 12.9. The van der Waals surface area contributed by atoms with Crippen LogP contribution in [0.5, 0.6) is 0 Å². The summed E-state index contributed by atoms with van der Waals surface area (Å²) in [6.07, 6.45) is -0.639. The number of nitrogens with zero attached hydrogens (tertiary/aromatic N) is 1. The van der Waals surface area contributed by atoms with E-state index in [1.165, 1.54) is 12.1 Å². The Balaban J connectivity index is 2.10. The van der Waals surface area contributed by atoms with Crippen molar-refractivity contribution in [3.8, 4) is 6.07 Å². The molecule has 1 fully saturated rings. The van der Waals surface area contributed by atoms with Crippen molar-refractivity contribution < 1.29 is 13.2 Å². The molecule has 1 aliphatic carbocycles. The van der Waals surface area contributed by atoms with Crippen LogP contribution in [0, 0.1) is 11.3 Å².